The number of morpholine rings is 1. The van der Waals surface area contributed by atoms with Crippen molar-refractivity contribution in [2.75, 3.05) is 45.9 Å². The minimum Gasteiger partial charge on any atom is -0.478 e. The van der Waals surface area contributed by atoms with Gasteiger partial charge in [-0.25, -0.2) is 13.6 Å². The number of ether oxygens (including phenoxy) is 1. The van der Waals surface area contributed by atoms with Gasteiger partial charge in [0.1, 0.15) is 12.0 Å². The molecule has 2 fully saturated rings. The van der Waals surface area contributed by atoms with E-state index in [0.29, 0.717) is 19.5 Å². The first-order chi connectivity index (χ1) is 18.5. The maximum atomic E-state index is 15.5. The Labute approximate surface area is 221 Å². The highest BCUT2D eigenvalue weighted by Gasteiger charge is 2.34. The third-order valence-electron chi connectivity index (χ3n) is 8.60. The number of benzene rings is 2. The Morgan fingerprint density at radius 2 is 1.76 bits per heavy atom. The van der Waals surface area contributed by atoms with Crippen LogP contribution in [0.4, 0.5) is 8.78 Å². The van der Waals surface area contributed by atoms with Crippen molar-refractivity contribution in [3.63, 3.8) is 0 Å². The van der Waals surface area contributed by atoms with Gasteiger partial charge in [0, 0.05) is 68.2 Å². The van der Waals surface area contributed by atoms with E-state index in [-0.39, 0.29) is 17.3 Å². The quantitative estimate of drug-likeness (QED) is 0.493. The number of rotatable bonds is 5. The van der Waals surface area contributed by atoms with E-state index < -0.39 is 12.1 Å². The molecule has 2 aliphatic heterocycles. The van der Waals surface area contributed by atoms with Crippen LogP contribution >= 0.6 is 0 Å². The van der Waals surface area contributed by atoms with Crippen molar-refractivity contribution in [1.29, 1.82) is 0 Å². The average Bonchev–Trinajstić information content (AvgIpc) is 3.22. The van der Waals surface area contributed by atoms with Gasteiger partial charge in [0.05, 0.1) is 24.5 Å². The van der Waals surface area contributed by atoms with Gasteiger partial charge in [0.15, 0.2) is 0 Å². The molecule has 0 spiro atoms. The molecule has 0 radical (unpaired) electrons. The summed E-state index contributed by atoms with van der Waals surface area (Å²) in [5, 5.41) is 10.7. The number of aromatic carboxylic acids is 1. The largest absolute Gasteiger partial charge is 0.478 e. The summed E-state index contributed by atoms with van der Waals surface area (Å²) in [6.07, 6.45) is 2.20. The lowest BCUT2D eigenvalue weighted by atomic mass is 9.80. The van der Waals surface area contributed by atoms with Crippen LogP contribution in [-0.4, -0.2) is 77.6 Å². The Morgan fingerprint density at radius 3 is 2.55 bits per heavy atom. The van der Waals surface area contributed by atoms with Crippen LogP contribution in [0.25, 0.3) is 22.2 Å². The van der Waals surface area contributed by atoms with Crippen molar-refractivity contribution in [3.8, 4) is 11.3 Å². The SMILES string of the molecule is O=C(O)c1ccc2c([C@@H]3CCCC[C@H]3F)c3n(c2c1)CCN(CCN1CCOCC1)Cc1cc(F)ccc1-3. The van der Waals surface area contributed by atoms with Crippen LogP contribution in [0.2, 0.25) is 0 Å². The molecule has 38 heavy (non-hydrogen) atoms. The van der Waals surface area contributed by atoms with Gasteiger partial charge >= 0.3 is 5.97 Å². The number of fused-ring (bicyclic) bond motifs is 5. The summed E-state index contributed by atoms with van der Waals surface area (Å²) in [5.41, 5.74) is 4.73. The summed E-state index contributed by atoms with van der Waals surface area (Å²) in [4.78, 5) is 16.6. The summed E-state index contributed by atoms with van der Waals surface area (Å²) < 4.78 is 37.8. The van der Waals surface area contributed by atoms with Gasteiger partial charge in [-0.05, 0) is 54.3 Å². The second-order valence-electron chi connectivity index (χ2n) is 10.9. The standard InChI is InChI=1S/C30H35F2N3O3/c31-22-6-8-23-21(17-22)19-34(10-9-33-13-15-38-16-14-33)11-12-35-27-18-20(30(36)37)5-7-25(27)28(29(23)35)24-3-1-2-4-26(24)32/h5-8,17-18,24,26H,1-4,9-16,19H2,(H,36,37)/t24-,26-/m1/s1. The molecule has 3 aliphatic rings. The fourth-order valence-corrected chi connectivity index (χ4v) is 6.60. The van der Waals surface area contributed by atoms with Gasteiger partial charge in [-0.1, -0.05) is 18.9 Å². The third-order valence-corrected chi connectivity index (χ3v) is 8.60. The summed E-state index contributed by atoms with van der Waals surface area (Å²) in [6.45, 7) is 7.08. The Balaban J connectivity index is 1.47. The maximum Gasteiger partial charge on any atom is 0.335 e. The second-order valence-corrected chi connectivity index (χ2v) is 10.9. The molecule has 202 valence electrons. The van der Waals surface area contributed by atoms with Crippen molar-refractivity contribution >= 4 is 16.9 Å². The Bertz CT molecular complexity index is 1330. The number of hydrogen-bond donors (Lipinski definition) is 1. The van der Waals surface area contributed by atoms with E-state index in [1.807, 2.05) is 12.1 Å². The van der Waals surface area contributed by atoms with E-state index in [2.05, 4.69) is 14.4 Å². The molecule has 0 bridgehead atoms. The van der Waals surface area contributed by atoms with Crippen molar-refractivity contribution in [3.05, 3.63) is 58.9 Å². The maximum absolute atomic E-state index is 15.5. The van der Waals surface area contributed by atoms with Gasteiger partial charge in [-0.2, -0.15) is 0 Å². The predicted molar refractivity (Wildman–Crippen MR) is 143 cm³/mol. The van der Waals surface area contributed by atoms with Crippen LogP contribution in [0.15, 0.2) is 36.4 Å². The van der Waals surface area contributed by atoms with Crippen LogP contribution in [0.3, 0.4) is 0 Å². The van der Waals surface area contributed by atoms with E-state index in [4.69, 9.17) is 4.74 Å². The molecular formula is C30H35F2N3O3. The van der Waals surface area contributed by atoms with Crippen LogP contribution in [0.1, 0.15) is 53.1 Å². The molecule has 1 saturated carbocycles. The third kappa shape index (κ3) is 4.85. The monoisotopic (exact) mass is 523 g/mol. The predicted octanol–water partition coefficient (Wildman–Crippen LogP) is 5.29. The smallest absolute Gasteiger partial charge is 0.335 e. The molecule has 6 nitrogen and oxygen atoms in total. The van der Waals surface area contributed by atoms with Crippen molar-refractivity contribution in [1.82, 2.24) is 14.4 Å². The zero-order valence-corrected chi connectivity index (χ0v) is 21.7. The zero-order chi connectivity index (χ0) is 26.2. The number of aromatic nitrogens is 1. The van der Waals surface area contributed by atoms with Gasteiger partial charge in [0.25, 0.3) is 0 Å². The van der Waals surface area contributed by atoms with E-state index in [0.717, 1.165) is 98.5 Å². The Morgan fingerprint density at radius 1 is 0.974 bits per heavy atom. The highest BCUT2D eigenvalue weighted by atomic mass is 19.1. The van der Waals surface area contributed by atoms with Gasteiger partial charge in [-0.3, -0.25) is 9.80 Å². The number of nitrogens with zero attached hydrogens (tertiary/aromatic N) is 3. The lowest BCUT2D eigenvalue weighted by Gasteiger charge is -2.33. The molecular weight excluding hydrogens is 488 g/mol. The minimum atomic E-state index is -0.981. The average molecular weight is 524 g/mol. The zero-order valence-electron chi connectivity index (χ0n) is 21.7. The summed E-state index contributed by atoms with van der Waals surface area (Å²) >= 11 is 0. The molecule has 1 saturated heterocycles. The Hall–Kier alpha value is -2.81. The highest BCUT2D eigenvalue weighted by Crippen LogP contribution is 2.46. The number of carboxylic acid groups (broad SMARTS) is 1. The normalized spacial score (nSPS) is 23.0. The molecule has 1 aliphatic carbocycles. The molecule has 2 atom stereocenters. The summed E-state index contributed by atoms with van der Waals surface area (Å²) in [7, 11) is 0. The number of carbonyl (C=O) groups is 1. The first-order valence-corrected chi connectivity index (χ1v) is 13.8. The molecule has 6 rings (SSSR count). The first kappa shape index (κ1) is 25.5. The molecule has 0 amide bonds. The molecule has 0 unspecified atom stereocenters. The fraction of sp³-hybridized carbons (Fsp3) is 0.500. The second kappa shape index (κ2) is 10.8. The number of halogens is 2. The van der Waals surface area contributed by atoms with Gasteiger partial charge in [-0.15, -0.1) is 0 Å². The lowest BCUT2D eigenvalue weighted by Crippen LogP contribution is -2.42. The first-order valence-electron chi connectivity index (χ1n) is 13.8. The molecule has 2 aromatic carbocycles. The van der Waals surface area contributed by atoms with E-state index >= 15 is 4.39 Å². The Kier molecular flexibility index (Phi) is 7.20. The fourth-order valence-electron chi connectivity index (χ4n) is 6.60. The number of carboxylic acids is 1. The van der Waals surface area contributed by atoms with Crippen LogP contribution in [0.5, 0.6) is 0 Å². The lowest BCUT2D eigenvalue weighted by molar-refractivity contribution is 0.0327. The van der Waals surface area contributed by atoms with Crippen molar-refractivity contribution in [2.24, 2.45) is 0 Å². The van der Waals surface area contributed by atoms with Gasteiger partial charge in [0.2, 0.25) is 0 Å². The van der Waals surface area contributed by atoms with E-state index in [1.54, 1.807) is 18.2 Å². The molecule has 8 heteroatoms. The van der Waals surface area contributed by atoms with Crippen molar-refractivity contribution < 1.29 is 23.4 Å². The van der Waals surface area contributed by atoms with Crippen LogP contribution in [0, 0.1) is 5.82 Å². The number of alkyl halides is 1. The summed E-state index contributed by atoms with van der Waals surface area (Å²) in [5.74, 6) is -1.52. The molecule has 3 aromatic rings. The minimum absolute atomic E-state index is 0.218. The van der Waals surface area contributed by atoms with E-state index in [9.17, 15) is 14.3 Å². The highest BCUT2D eigenvalue weighted by molar-refractivity contribution is 5.98. The molecule has 3 heterocycles. The molecule has 1 N–H and O–H groups in total. The molecule has 1 aromatic heterocycles. The van der Waals surface area contributed by atoms with E-state index in [1.165, 1.54) is 6.07 Å². The summed E-state index contributed by atoms with van der Waals surface area (Å²) in [6, 6.07) is 10.1. The van der Waals surface area contributed by atoms with Crippen LogP contribution in [-0.2, 0) is 17.8 Å². The van der Waals surface area contributed by atoms with Crippen molar-refractivity contribution in [2.45, 2.75) is 50.9 Å². The number of hydrogen-bond acceptors (Lipinski definition) is 4. The van der Waals surface area contributed by atoms with Gasteiger partial charge < -0.3 is 14.4 Å². The topological polar surface area (TPSA) is 57.9 Å². The van der Waals surface area contributed by atoms with Crippen LogP contribution < -0.4 is 0 Å².